The fourth-order valence-corrected chi connectivity index (χ4v) is 4.00. The SMILES string of the molecule is O=C1NN=C(SCc2nc(-c3ccccc3)no2)N2NC(c3ccco3)CC12. The molecule has 5 rings (SSSR count). The number of hydrogen-bond donors (Lipinski definition) is 2. The average molecular weight is 396 g/mol. The van der Waals surface area contributed by atoms with Crippen molar-refractivity contribution in [3.8, 4) is 11.4 Å². The smallest absolute Gasteiger partial charge is 0.264 e. The summed E-state index contributed by atoms with van der Waals surface area (Å²) >= 11 is 1.41. The Balaban J connectivity index is 1.28. The molecule has 9 nitrogen and oxygen atoms in total. The fourth-order valence-electron chi connectivity index (χ4n) is 3.20. The molecule has 2 aromatic heterocycles. The molecule has 2 aliphatic heterocycles. The highest BCUT2D eigenvalue weighted by atomic mass is 32.2. The number of nitrogens with zero attached hydrogens (tertiary/aromatic N) is 4. The van der Waals surface area contributed by atoms with Gasteiger partial charge in [-0.3, -0.25) is 9.80 Å². The lowest BCUT2D eigenvalue weighted by molar-refractivity contribution is -0.125. The molecular weight excluding hydrogens is 380 g/mol. The number of fused-ring (bicyclic) bond motifs is 1. The number of hydrogen-bond acceptors (Lipinski definition) is 9. The van der Waals surface area contributed by atoms with Crippen LogP contribution in [0, 0.1) is 0 Å². The summed E-state index contributed by atoms with van der Waals surface area (Å²) in [5.41, 5.74) is 6.79. The van der Waals surface area contributed by atoms with E-state index in [1.807, 2.05) is 42.5 Å². The fraction of sp³-hybridized carbons (Fsp3) is 0.222. The molecule has 0 spiro atoms. The standard InChI is InChI=1S/C18H16N6O3S/c25-17-13-9-12(14-7-4-8-26-14)22-24(13)18(21-20-17)28-10-15-19-16(23-27-15)11-5-2-1-3-6-11/h1-8,12-13,22H,9-10H2,(H,20,25). The third kappa shape index (κ3) is 3.16. The highest BCUT2D eigenvalue weighted by Gasteiger charge is 2.42. The van der Waals surface area contributed by atoms with Crippen LogP contribution in [0.1, 0.15) is 24.1 Å². The van der Waals surface area contributed by atoms with E-state index in [9.17, 15) is 4.79 Å². The molecule has 28 heavy (non-hydrogen) atoms. The van der Waals surface area contributed by atoms with Gasteiger partial charge >= 0.3 is 0 Å². The third-order valence-electron chi connectivity index (χ3n) is 4.55. The second kappa shape index (κ2) is 7.13. The highest BCUT2D eigenvalue weighted by Crippen LogP contribution is 2.32. The zero-order chi connectivity index (χ0) is 18.9. The number of benzene rings is 1. The molecular formula is C18H16N6O3S. The number of amides is 1. The Hall–Kier alpha value is -3.11. The van der Waals surface area contributed by atoms with Crippen LogP contribution in [-0.2, 0) is 10.5 Å². The summed E-state index contributed by atoms with van der Waals surface area (Å²) < 4.78 is 10.8. The molecule has 2 N–H and O–H groups in total. The van der Waals surface area contributed by atoms with Crippen LogP contribution >= 0.6 is 11.8 Å². The molecule has 10 heteroatoms. The maximum atomic E-state index is 12.2. The van der Waals surface area contributed by atoms with Crippen molar-refractivity contribution >= 4 is 22.8 Å². The summed E-state index contributed by atoms with van der Waals surface area (Å²) in [6, 6.07) is 12.9. The Morgan fingerprint density at radius 3 is 2.93 bits per heavy atom. The first-order chi connectivity index (χ1) is 13.8. The predicted octanol–water partition coefficient (Wildman–Crippen LogP) is 2.28. The number of nitrogens with one attached hydrogen (secondary N) is 2. The Morgan fingerprint density at radius 2 is 2.11 bits per heavy atom. The summed E-state index contributed by atoms with van der Waals surface area (Å²) in [4.78, 5) is 16.6. The third-order valence-corrected chi connectivity index (χ3v) is 5.48. The summed E-state index contributed by atoms with van der Waals surface area (Å²) in [5.74, 6) is 2.11. The Kier molecular flexibility index (Phi) is 4.34. The Labute approximate surface area is 164 Å². The topological polar surface area (TPSA) is 109 Å². The summed E-state index contributed by atoms with van der Waals surface area (Å²) in [6.45, 7) is 0. The minimum atomic E-state index is -0.349. The van der Waals surface area contributed by atoms with Crippen LogP contribution in [-0.4, -0.2) is 32.3 Å². The van der Waals surface area contributed by atoms with Gasteiger partial charge in [0.25, 0.3) is 5.91 Å². The number of aromatic nitrogens is 2. The van der Waals surface area contributed by atoms with E-state index < -0.39 is 0 Å². The first kappa shape index (κ1) is 17.0. The molecule has 1 aromatic carbocycles. The minimum Gasteiger partial charge on any atom is -0.468 e. The first-order valence-electron chi connectivity index (χ1n) is 8.75. The van der Waals surface area contributed by atoms with Crippen LogP contribution < -0.4 is 10.9 Å². The maximum absolute atomic E-state index is 12.2. The van der Waals surface area contributed by atoms with Gasteiger partial charge in [0.15, 0.2) is 5.17 Å². The summed E-state index contributed by atoms with van der Waals surface area (Å²) in [5, 5.41) is 10.6. The van der Waals surface area contributed by atoms with Gasteiger partial charge in [0.05, 0.1) is 18.1 Å². The van der Waals surface area contributed by atoms with E-state index in [0.717, 1.165) is 11.3 Å². The first-order valence-corrected chi connectivity index (χ1v) is 9.73. The van der Waals surface area contributed by atoms with Crippen LogP contribution in [0.15, 0.2) is 62.8 Å². The van der Waals surface area contributed by atoms with E-state index in [0.29, 0.717) is 29.1 Å². The van der Waals surface area contributed by atoms with Gasteiger partial charge < -0.3 is 8.94 Å². The zero-order valence-electron chi connectivity index (χ0n) is 14.6. The van der Waals surface area contributed by atoms with E-state index >= 15 is 0 Å². The number of carbonyl (C=O) groups is 1. The van der Waals surface area contributed by atoms with Gasteiger partial charge in [-0.1, -0.05) is 47.3 Å². The number of hydrazone groups is 1. The molecule has 3 aromatic rings. The molecule has 1 amide bonds. The van der Waals surface area contributed by atoms with Crippen molar-refractivity contribution in [1.82, 2.24) is 26.0 Å². The van der Waals surface area contributed by atoms with E-state index in [2.05, 4.69) is 26.1 Å². The van der Waals surface area contributed by atoms with Crippen molar-refractivity contribution < 1.29 is 13.7 Å². The molecule has 1 fully saturated rings. The van der Waals surface area contributed by atoms with Gasteiger partial charge in [0.2, 0.25) is 11.7 Å². The highest BCUT2D eigenvalue weighted by molar-refractivity contribution is 8.13. The average Bonchev–Trinajstić information content (AvgIpc) is 3.47. The number of amidine groups is 1. The van der Waals surface area contributed by atoms with E-state index in [1.54, 1.807) is 11.3 Å². The summed E-state index contributed by atoms with van der Waals surface area (Å²) in [6.07, 6.45) is 2.22. The van der Waals surface area contributed by atoms with Crippen LogP contribution in [0.4, 0.5) is 0 Å². The zero-order valence-corrected chi connectivity index (χ0v) is 15.4. The van der Waals surface area contributed by atoms with E-state index in [1.165, 1.54) is 11.8 Å². The number of hydrazine groups is 1. The Bertz CT molecular complexity index is 1000. The Morgan fingerprint density at radius 1 is 1.21 bits per heavy atom. The van der Waals surface area contributed by atoms with Crippen LogP contribution in [0.2, 0.25) is 0 Å². The molecule has 4 heterocycles. The molecule has 0 saturated carbocycles. The van der Waals surface area contributed by atoms with Crippen molar-refractivity contribution in [2.24, 2.45) is 5.10 Å². The minimum absolute atomic E-state index is 0.0808. The molecule has 142 valence electrons. The van der Waals surface area contributed by atoms with Crippen molar-refractivity contribution in [3.63, 3.8) is 0 Å². The van der Waals surface area contributed by atoms with E-state index in [-0.39, 0.29) is 18.0 Å². The maximum Gasteiger partial charge on any atom is 0.264 e. The van der Waals surface area contributed by atoms with Crippen molar-refractivity contribution in [2.75, 3.05) is 0 Å². The van der Waals surface area contributed by atoms with Crippen LogP contribution in [0.5, 0.6) is 0 Å². The second-order valence-corrected chi connectivity index (χ2v) is 7.30. The monoisotopic (exact) mass is 396 g/mol. The van der Waals surface area contributed by atoms with Gasteiger partial charge in [-0.2, -0.15) is 4.98 Å². The number of thioether (sulfide) groups is 1. The normalized spacial score (nSPS) is 21.4. The lowest BCUT2D eigenvalue weighted by Crippen LogP contribution is -2.52. The summed E-state index contributed by atoms with van der Waals surface area (Å²) in [7, 11) is 0. The molecule has 0 radical (unpaired) electrons. The molecule has 2 aliphatic rings. The largest absolute Gasteiger partial charge is 0.468 e. The van der Waals surface area contributed by atoms with Gasteiger partial charge in [0.1, 0.15) is 11.8 Å². The molecule has 1 saturated heterocycles. The van der Waals surface area contributed by atoms with Gasteiger partial charge in [0, 0.05) is 12.0 Å². The van der Waals surface area contributed by atoms with Gasteiger partial charge in [-0.05, 0) is 12.1 Å². The number of carbonyl (C=O) groups excluding carboxylic acids is 1. The number of rotatable bonds is 4. The lowest BCUT2D eigenvalue weighted by Gasteiger charge is -2.28. The van der Waals surface area contributed by atoms with Crippen molar-refractivity contribution in [1.29, 1.82) is 0 Å². The van der Waals surface area contributed by atoms with Crippen molar-refractivity contribution in [2.45, 2.75) is 24.3 Å². The number of furan rings is 1. The van der Waals surface area contributed by atoms with Gasteiger partial charge in [-0.25, -0.2) is 10.9 Å². The predicted molar refractivity (Wildman–Crippen MR) is 101 cm³/mol. The van der Waals surface area contributed by atoms with Crippen molar-refractivity contribution in [3.05, 3.63) is 60.4 Å². The quantitative estimate of drug-likeness (QED) is 0.691. The molecule has 0 aliphatic carbocycles. The van der Waals surface area contributed by atoms with Crippen LogP contribution in [0.25, 0.3) is 11.4 Å². The lowest BCUT2D eigenvalue weighted by atomic mass is 10.1. The molecule has 2 atom stereocenters. The van der Waals surface area contributed by atoms with Gasteiger partial charge in [-0.15, -0.1) is 5.10 Å². The van der Waals surface area contributed by atoms with E-state index in [4.69, 9.17) is 8.94 Å². The second-order valence-electron chi connectivity index (χ2n) is 6.36. The van der Waals surface area contributed by atoms with Crippen LogP contribution in [0.3, 0.4) is 0 Å². The molecule has 0 bridgehead atoms. The molecule has 2 unspecified atom stereocenters.